The van der Waals surface area contributed by atoms with Gasteiger partial charge in [0.1, 0.15) is 0 Å². The summed E-state index contributed by atoms with van der Waals surface area (Å²) in [5.74, 6) is 0.432. The van der Waals surface area contributed by atoms with Gasteiger partial charge in [0, 0.05) is 45.3 Å². The van der Waals surface area contributed by atoms with Gasteiger partial charge < -0.3 is 33.2 Å². The second-order valence-electron chi connectivity index (χ2n) is 12.4. The Hall–Kier alpha value is -2.10. The van der Waals surface area contributed by atoms with Crippen LogP contribution in [0.5, 0.6) is 0 Å². The summed E-state index contributed by atoms with van der Waals surface area (Å²) in [5.41, 5.74) is 4.95. The summed E-state index contributed by atoms with van der Waals surface area (Å²) in [6.45, 7) is 11.2. The third-order valence-corrected chi connectivity index (χ3v) is 9.18. The summed E-state index contributed by atoms with van der Waals surface area (Å²) in [4.78, 5) is 2.45. The van der Waals surface area contributed by atoms with Crippen LogP contribution in [0.3, 0.4) is 0 Å². The van der Waals surface area contributed by atoms with Gasteiger partial charge in [0.15, 0.2) is 12.6 Å². The topological polar surface area (TPSA) is 58.6 Å². The number of hydrogen-bond acceptors (Lipinski definition) is 7. The molecule has 0 bridgehead atoms. The molecule has 0 amide bonds. The highest BCUT2D eigenvalue weighted by atomic mass is 16.7. The van der Waals surface area contributed by atoms with Gasteiger partial charge in [-0.2, -0.15) is 0 Å². The molecule has 5 rings (SSSR count). The van der Waals surface area contributed by atoms with Crippen molar-refractivity contribution in [3.8, 4) is 0 Å². The van der Waals surface area contributed by atoms with Crippen molar-refractivity contribution in [1.82, 2.24) is 0 Å². The van der Waals surface area contributed by atoms with Crippen LogP contribution < -0.4 is 4.90 Å². The van der Waals surface area contributed by atoms with Crippen molar-refractivity contribution in [1.29, 1.82) is 0 Å². The molecule has 40 heavy (non-hydrogen) atoms. The van der Waals surface area contributed by atoms with Crippen molar-refractivity contribution in [2.75, 3.05) is 38.8 Å². The van der Waals surface area contributed by atoms with Crippen LogP contribution in [0, 0.1) is 5.92 Å². The van der Waals surface area contributed by atoms with E-state index < -0.39 is 18.3 Å². The van der Waals surface area contributed by atoms with Crippen LogP contribution in [0.15, 0.2) is 53.7 Å². The molecule has 1 unspecified atom stereocenters. The van der Waals surface area contributed by atoms with E-state index in [2.05, 4.69) is 69.0 Å². The van der Waals surface area contributed by atoms with Gasteiger partial charge in [-0.1, -0.05) is 24.3 Å². The van der Waals surface area contributed by atoms with Gasteiger partial charge in [-0.05, 0) is 94.1 Å². The Morgan fingerprint density at radius 1 is 0.925 bits per heavy atom. The summed E-state index contributed by atoms with van der Waals surface area (Å²) in [5, 5.41) is 0. The van der Waals surface area contributed by atoms with Gasteiger partial charge in [-0.15, -0.1) is 0 Å². The van der Waals surface area contributed by atoms with E-state index in [1.54, 1.807) is 14.2 Å². The number of rotatable bonds is 8. The number of allylic oxidation sites excluding steroid dienone is 5. The second kappa shape index (κ2) is 12.4. The van der Waals surface area contributed by atoms with Crippen molar-refractivity contribution >= 4 is 18.4 Å². The molecular weight excluding hydrogens is 505 g/mol. The lowest BCUT2D eigenvalue weighted by Gasteiger charge is -2.36. The minimum Gasteiger partial charge on any atom is -0.472 e. The molecule has 1 aromatic rings. The third-order valence-electron chi connectivity index (χ3n) is 9.18. The van der Waals surface area contributed by atoms with Crippen molar-refractivity contribution in [3.05, 3.63) is 59.3 Å². The number of ether oxygens (including phenoxy) is 4. The minimum atomic E-state index is -0.424. The molecule has 4 aliphatic rings. The summed E-state index contributed by atoms with van der Waals surface area (Å²) < 4.78 is 35.8. The zero-order chi connectivity index (χ0) is 28.3. The normalized spacial score (nSPS) is 26.3. The Labute approximate surface area is 240 Å². The van der Waals surface area contributed by atoms with E-state index in [1.165, 1.54) is 5.69 Å². The molecule has 0 aromatic heterocycles. The van der Waals surface area contributed by atoms with Gasteiger partial charge in [-0.3, -0.25) is 0 Å². The highest BCUT2D eigenvalue weighted by Crippen LogP contribution is 2.43. The van der Waals surface area contributed by atoms with Gasteiger partial charge in [0.25, 0.3) is 0 Å². The molecule has 0 spiro atoms. The monoisotopic (exact) mass is 551 g/mol. The molecule has 0 radical (unpaired) electrons. The first kappa shape index (κ1) is 29.4. The molecule has 3 aliphatic heterocycles. The van der Waals surface area contributed by atoms with Crippen LogP contribution in [0.25, 0.3) is 5.57 Å². The van der Waals surface area contributed by atoms with Crippen molar-refractivity contribution in [3.63, 3.8) is 0 Å². The predicted octanol–water partition coefficient (Wildman–Crippen LogP) is 6.29. The number of piperidine rings is 1. The summed E-state index contributed by atoms with van der Waals surface area (Å²) in [7, 11) is 3.03. The predicted molar refractivity (Wildman–Crippen MR) is 159 cm³/mol. The van der Waals surface area contributed by atoms with E-state index in [0.29, 0.717) is 12.3 Å². The fourth-order valence-electron chi connectivity index (χ4n) is 5.97. The van der Waals surface area contributed by atoms with Gasteiger partial charge >= 0.3 is 7.12 Å². The molecule has 3 heterocycles. The molecule has 1 aliphatic carbocycles. The van der Waals surface area contributed by atoms with Gasteiger partial charge in [0.2, 0.25) is 0 Å². The highest BCUT2D eigenvalue weighted by molar-refractivity contribution is 6.56. The first-order valence-electron chi connectivity index (χ1n) is 14.8. The summed E-state index contributed by atoms with van der Waals surface area (Å²) in [6.07, 6.45) is 11.9. The lowest BCUT2D eigenvalue weighted by molar-refractivity contribution is -0.141. The molecule has 7 nitrogen and oxygen atoms in total. The smallest absolute Gasteiger partial charge is 0.472 e. The summed E-state index contributed by atoms with van der Waals surface area (Å²) >= 11 is 0. The first-order valence-corrected chi connectivity index (χ1v) is 14.8. The Morgan fingerprint density at radius 2 is 1.60 bits per heavy atom. The summed E-state index contributed by atoms with van der Waals surface area (Å²) in [6, 6.07) is 8.91. The fourth-order valence-corrected chi connectivity index (χ4v) is 5.97. The van der Waals surface area contributed by atoms with Crippen LogP contribution in [-0.2, 0) is 28.3 Å². The average molecular weight is 552 g/mol. The average Bonchev–Trinajstić information content (AvgIpc) is 3.19. The van der Waals surface area contributed by atoms with Crippen LogP contribution in [-0.4, -0.2) is 64.8 Å². The molecule has 1 aromatic carbocycles. The van der Waals surface area contributed by atoms with Crippen molar-refractivity contribution in [2.45, 2.75) is 90.0 Å². The number of methoxy groups -OCH3 is 2. The number of hydrogen-bond donors (Lipinski definition) is 0. The lowest BCUT2D eigenvalue weighted by atomic mass is 9.69. The molecule has 3 saturated heterocycles. The maximum absolute atomic E-state index is 6.53. The Kier molecular flexibility index (Phi) is 9.12. The lowest BCUT2D eigenvalue weighted by Crippen LogP contribution is -2.41. The number of anilines is 1. The zero-order valence-electron chi connectivity index (χ0n) is 25.1. The van der Waals surface area contributed by atoms with E-state index in [4.69, 9.17) is 28.3 Å². The Morgan fingerprint density at radius 3 is 2.20 bits per heavy atom. The molecular formula is C32H46BNO6. The largest absolute Gasteiger partial charge is 0.491 e. The van der Waals surface area contributed by atoms with Crippen molar-refractivity contribution < 1.29 is 28.3 Å². The molecule has 218 valence electrons. The molecule has 1 atom stereocenters. The van der Waals surface area contributed by atoms with Gasteiger partial charge in [-0.25, -0.2) is 0 Å². The van der Waals surface area contributed by atoms with Crippen LogP contribution in [0.2, 0.25) is 0 Å². The Bertz CT molecular complexity index is 1080. The second-order valence-corrected chi connectivity index (χ2v) is 12.4. The van der Waals surface area contributed by atoms with E-state index in [9.17, 15) is 0 Å². The minimum absolute atomic E-state index is 0.123. The maximum Gasteiger partial charge on any atom is 0.491 e. The third kappa shape index (κ3) is 6.36. The first-order chi connectivity index (χ1) is 19.2. The van der Waals surface area contributed by atoms with E-state index in [1.807, 2.05) is 6.26 Å². The molecule has 0 N–H and O–H groups in total. The zero-order valence-corrected chi connectivity index (χ0v) is 25.1. The van der Waals surface area contributed by atoms with E-state index >= 15 is 0 Å². The van der Waals surface area contributed by atoms with Crippen molar-refractivity contribution in [2.24, 2.45) is 5.92 Å². The van der Waals surface area contributed by atoms with Crippen LogP contribution in [0.4, 0.5) is 5.69 Å². The number of nitrogens with zero attached hydrogens (tertiary/aromatic N) is 1. The highest BCUT2D eigenvalue weighted by Gasteiger charge is 2.53. The van der Waals surface area contributed by atoms with Crippen LogP contribution in [0.1, 0.15) is 71.8 Å². The molecule has 3 fully saturated rings. The van der Waals surface area contributed by atoms with E-state index in [0.717, 1.165) is 74.0 Å². The maximum atomic E-state index is 6.53. The van der Waals surface area contributed by atoms with Gasteiger partial charge in [0.05, 0.1) is 24.1 Å². The number of benzene rings is 1. The molecule has 8 heteroatoms. The quantitative estimate of drug-likeness (QED) is 0.214. The SMILES string of the molecule is COC(OC)C1CCN(c2ccc(C3=C(B4OC(C)(C)C(C)(C)O4)C/C(=C\OC4CCCCO4)C=C3)cc2)CC1. The van der Waals surface area contributed by atoms with E-state index in [-0.39, 0.29) is 12.6 Å². The standard InChI is InChI=1S/C32H46BNO6/c1-31(2)32(3,4)40-33(39-31)28-21-23(22-38-29-9-7-8-20-37-29)10-15-27(28)24-11-13-26(14-12-24)34-18-16-25(17-19-34)30(35-5)36-6/h10-15,22,25,29-30H,7-9,16-21H2,1-6H3/b23-22-. The molecule has 0 saturated carbocycles. The fraction of sp³-hybridized carbons (Fsp3) is 0.625. The van der Waals surface area contributed by atoms with Crippen LogP contribution >= 0.6 is 0 Å². The Balaban J connectivity index is 1.34.